The summed E-state index contributed by atoms with van der Waals surface area (Å²) in [6.45, 7) is 2.99. The summed E-state index contributed by atoms with van der Waals surface area (Å²) in [6, 6.07) is 0. The predicted molar refractivity (Wildman–Crippen MR) is 75.8 cm³/mol. The topological polar surface area (TPSA) is 104 Å². The van der Waals surface area contributed by atoms with E-state index in [9.17, 15) is 18.0 Å². The number of sulfonamides is 1. The van der Waals surface area contributed by atoms with E-state index in [1.807, 2.05) is 0 Å². The Bertz CT molecular complexity index is 408. The highest BCUT2D eigenvalue weighted by molar-refractivity contribution is 7.88. The molecule has 0 aromatic rings. The second kappa shape index (κ2) is 9.71. The fourth-order valence-electron chi connectivity index (χ4n) is 1.69. The normalized spacial score (nSPS) is 11.6. The van der Waals surface area contributed by atoms with Gasteiger partial charge in [0.1, 0.15) is 0 Å². The van der Waals surface area contributed by atoms with Crippen molar-refractivity contribution in [1.82, 2.24) is 9.62 Å². The number of carbonyl (C=O) groups excluding carboxylic acids is 1. The number of hydrogen-bond donors (Lipinski definition) is 2. The summed E-state index contributed by atoms with van der Waals surface area (Å²) in [5.74, 6) is -0.983. The number of hydrogen-bond acceptors (Lipinski definition) is 4. The summed E-state index contributed by atoms with van der Waals surface area (Å²) < 4.78 is 24.0. The largest absolute Gasteiger partial charge is 0.481 e. The molecule has 0 saturated heterocycles. The van der Waals surface area contributed by atoms with Gasteiger partial charge < -0.3 is 10.4 Å². The third kappa shape index (κ3) is 9.74. The lowest BCUT2D eigenvalue weighted by molar-refractivity contribution is -0.137. The molecule has 0 aromatic heterocycles. The molecule has 0 heterocycles. The molecule has 0 spiro atoms. The van der Waals surface area contributed by atoms with Gasteiger partial charge in [-0.15, -0.1) is 0 Å². The molecule has 1 amide bonds. The molecular formula is C12H24N2O5S. The zero-order chi connectivity index (χ0) is 15.6. The first-order valence-electron chi connectivity index (χ1n) is 6.71. The first-order valence-corrected chi connectivity index (χ1v) is 8.55. The van der Waals surface area contributed by atoms with Gasteiger partial charge in [-0.05, 0) is 19.3 Å². The van der Waals surface area contributed by atoms with Crippen molar-refractivity contribution in [2.24, 2.45) is 0 Å². The van der Waals surface area contributed by atoms with E-state index < -0.39 is 16.0 Å². The van der Waals surface area contributed by atoms with Crippen LogP contribution in [0.25, 0.3) is 0 Å². The van der Waals surface area contributed by atoms with E-state index in [-0.39, 0.29) is 12.3 Å². The fourth-order valence-corrected chi connectivity index (χ4v) is 2.62. The third-order valence-corrected chi connectivity index (χ3v) is 4.15. The molecule has 0 aliphatic rings. The maximum Gasteiger partial charge on any atom is 0.303 e. The van der Waals surface area contributed by atoms with Crippen molar-refractivity contribution in [3.8, 4) is 0 Å². The van der Waals surface area contributed by atoms with Crippen LogP contribution >= 0.6 is 0 Å². The molecule has 0 unspecified atom stereocenters. The minimum atomic E-state index is -3.18. The minimum Gasteiger partial charge on any atom is -0.481 e. The molecule has 0 aliphatic carbocycles. The van der Waals surface area contributed by atoms with Gasteiger partial charge in [-0.25, -0.2) is 12.7 Å². The molecule has 20 heavy (non-hydrogen) atoms. The van der Waals surface area contributed by atoms with Crippen LogP contribution in [0.4, 0.5) is 0 Å². The Morgan fingerprint density at radius 3 is 2.25 bits per heavy atom. The number of carbonyl (C=O) groups is 2. The maximum atomic E-state index is 11.4. The Morgan fingerprint density at radius 1 is 1.15 bits per heavy atom. The number of carboxylic acid groups (broad SMARTS) is 1. The van der Waals surface area contributed by atoms with Crippen LogP contribution in [0.2, 0.25) is 0 Å². The van der Waals surface area contributed by atoms with Crippen LogP contribution in [0.1, 0.15) is 39.0 Å². The number of aliphatic carboxylic acids is 1. The molecule has 0 rings (SSSR count). The van der Waals surface area contributed by atoms with Crippen molar-refractivity contribution >= 4 is 21.9 Å². The predicted octanol–water partition coefficient (Wildman–Crippen LogP) is 0.419. The van der Waals surface area contributed by atoms with Crippen LogP contribution in [0.15, 0.2) is 0 Å². The van der Waals surface area contributed by atoms with E-state index in [4.69, 9.17) is 5.11 Å². The number of rotatable bonds is 11. The minimum absolute atomic E-state index is 0.0765. The van der Waals surface area contributed by atoms with E-state index in [2.05, 4.69) is 5.32 Å². The number of unbranched alkanes of at least 4 members (excludes halogenated alkanes) is 1. The van der Waals surface area contributed by atoms with Gasteiger partial charge in [0, 0.05) is 32.5 Å². The number of nitrogens with one attached hydrogen (secondary N) is 1. The molecular weight excluding hydrogens is 284 g/mol. The van der Waals surface area contributed by atoms with Crippen molar-refractivity contribution < 1.29 is 23.1 Å². The molecule has 0 atom stereocenters. The lowest BCUT2D eigenvalue weighted by Crippen LogP contribution is -2.33. The van der Waals surface area contributed by atoms with Crippen LogP contribution in [0.3, 0.4) is 0 Å². The van der Waals surface area contributed by atoms with Gasteiger partial charge in [-0.1, -0.05) is 6.92 Å². The van der Waals surface area contributed by atoms with Crippen LogP contribution in [-0.2, 0) is 19.6 Å². The van der Waals surface area contributed by atoms with Gasteiger partial charge in [0.05, 0.1) is 6.26 Å². The molecule has 8 heteroatoms. The third-order valence-electron chi connectivity index (χ3n) is 2.77. The molecule has 0 aliphatic heterocycles. The summed E-state index contributed by atoms with van der Waals surface area (Å²) in [7, 11) is -3.18. The van der Waals surface area contributed by atoms with Gasteiger partial charge in [0.25, 0.3) is 0 Å². The summed E-state index contributed by atoms with van der Waals surface area (Å²) in [5.41, 5.74) is 0. The van der Waals surface area contributed by atoms with Gasteiger partial charge in [0.15, 0.2) is 0 Å². The first kappa shape index (κ1) is 18.9. The maximum absolute atomic E-state index is 11.4. The number of amides is 1. The second-order valence-corrected chi connectivity index (χ2v) is 6.54. The average molecular weight is 308 g/mol. The van der Waals surface area contributed by atoms with Crippen LogP contribution < -0.4 is 5.32 Å². The zero-order valence-electron chi connectivity index (χ0n) is 12.1. The van der Waals surface area contributed by atoms with E-state index in [0.29, 0.717) is 45.3 Å². The molecule has 0 fully saturated rings. The monoisotopic (exact) mass is 308 g/mol. The molecule has 0 saturated carbocycles. The molecule has 0 aromatic carbocycles. The Morgan fingerprint density at radius 2 is 1.75 bits per heavy atom. The zero-order valence-corrected chi connectivity index (χ0v) is 12.9. The van der Waals surface area contributed by atoms with Gasteiger partial charge in [-0.2, -0.15) is 0 Å². The summed E-state index contributed by atoms with van der Waals surface area (Å²) >= 11 is 0. The molecule has 7 nitrogen and oxygen atoms in total. The smallest absolute Gasteiger partial charge is 0.303 e. The van der Waals surface area contributed by atoms with Crippen molar-refractivity contribution in [3.63, 3.8) is 0 Å². The van der Waals surface area contributed by atoms with E-state index >= 15 is 0 Å². The van der Waals surface area contributed by atoms with Crippen molar-refractivity contribution in [2.75, 3.05) is 25.9 Å². The Balaban J connectivity index is 3.69. The van der Waals surface area contributed by atoms with E-state index in [1.165, 1.54) is 4.31 Å². The Kier molecular flexibility index (Phi) is 9.15. The highest BCUT2D eigenvalue weighted by atomic mass is 32.2. The fraction of sp³-hybridized carbons (Fsp3) is 0.833. The quantitative estimate of drug-likeness (QED) is 0.538. The van der Waals surface area contributed by atoms with E-state index in [1.54, 1.807) is 6.92 Å². The highest BCUT2D eigenvalue weighted by Gasteiger charge is 2.13. The first-order chi connectivity index (χ1) is 9.27. The number of nitrogens with zero attached hydrogens (tertiary/aromatic N) is 1. The lowest BCUT2D eigenvalue weighted by Gasteiger charge is -2.17. The van der Waals surface area contributed by atoms with Crippen LogP contribution in [-0.4, -0.2) is 55.6 Å². The SMILES string of the molecule is CCN(CCCNC(=O)CCCCC(=O)O)S(C)(=O)=O. The van der Waals surface area contributed by atoms with Crippen molar-refractivity contribution in [2.45, 2.75) is 39.0 Å². The summed E-state index contributed by atoms with van der Waals surface area (Å²) in [5, 5.41) is 11.1. The summed E-state index contributed by atoms with van der Waals surface area (Å²) in [4.78, 5) is 21.7. The lowest BCUT2D eigenvalue weighted by atomic mass is 10.2. The van der Waals surface area contributed by atoms with E-state index in [0.717, 1.165) is 6.26 Å². The van der Waals surface area contributed by atoms with Crippen molar-refractivity contribution in [1.29, 1.82) is 0 Å². The number of carboxylic acids is 1. The molecule has 2 N–H and O–H groups in total. The second-order valence-electron chi connectivity index (χ2n) is 4.56. The standard InChI is InChI=1S/C12H24N2O5S/c1-3-14(20(2,18)19)10-6-9-13-11(15)7-4-5-8-12(16)17/h3-10H2,1-2H3,(H,13,15)(H,16,17). The van der Waals surface area contributed by atoms with Crippen LogP contribution in [0.5, 0.6) is 0 Å². The van der Waals surface area contributed by atoms with Gasteiger partial charge in [0.2, 0.25) is 15.9 Å². The van der Waals surface area contributed by atoms with Gasteiger partial charge in [-0.3, -0.25) is 9.59 Å². The molecule has 0 bridgehead atoms. The Hall–Kier alpha value is -1.15. The molecule has 0 radical (unpaired) electrons. The molecule has 118 valence electrons. The van der Waals surface area contributed by atoms with Crippen molar-refractivity contribution in [3.05, 3.63) is 0 Å². The van der Waals surface area contributed by atoms with Gasteiger partial charge >= 0.3 is 5.97 Å². The summed E-state index contributed by atoms with van der Waals surface area (Å²) in [6.07, 6.45) is 3.13. The Labute approximate surface area is 120 Å². The van der Waals surface area contributed by atoms with Crippen LogP contribution in [0, 0.1) is 0 Å². The average Bonchev–Trinajstić information content (AvgIpc) is 2.32. The highest BCUT2D eigenvalue weighted by Crippen LogP contribution is 2.00.